The van der Waals surface area contributed by atoms with E-state index in [1.165, 1.54) is 11.5 Å². The van der Waals surface area contributed by atoms with E-state index < -0.39 is 6.86 Å². The summed E-state index contributed by atoms with van der Waals surface area (Å²) in [4.78, 5) is 9.42. The summed E-state index contributed by atoms with van der Waals surface area (Å²) in [5.41, 5.74) is 2.74. The van der Waals surface area contributed by atoms with E-state index in [-0.39, 0.29) is 0 Å². The van der Waals surface area contributed by atoms with Crippen molar-refractivity contribution in [1.82, 2.24) is 8.94 Å². The minimum atomic E-state index is -0.852. The number of hydrogen-bond acceptors (Lipinski definition) is 4. The molecule has 0 atom stereocenters. The van der Waals surface area contributed by atoms with E-state index in [1.807, 2.05) is 59.4 Å². The Morgan fingerprint density at radius 3 is 2.70 bits per heavy atom. The summed E-state index contributed by atoms with van der Waals surface area (Å²) in [5, 5.41) is 0. The maximum atomic E-state index is 12.5. The van der Waals surface area contributed by atoms with Gasteiger partial charge in [-0.15, -0.1) is 0 Å². The largest absolute Gasteiger partial charge is 0.463 e. The number of rotatable bonds is 4. The van der Waals surface area contributed by atoms with Crippen molar-refractivity contribution in [1.29, 1.82) is 0 Å². The summed E-state index contributed by atoms with van der Waals surface area (Å²) >= 11 is 1.45. The number of para-hydroxylation sites is 1. The molecule has 0 aliphatic heterocycles. The second-order valence-electron chi connectivity index (χ2n) is 4.90. The van der Waals surface area contributed by atoms with E-state index in [2.05, 4.69) is 9.98 Å². The molecule has 0 fully saturated rings. The van der Waals surface area contributed by atoms with E-state index in [0.717, 1.165) is 22.6 Å². The Morgan fingerprint density at radius 2 is 2.00 bits per heavy atom. The van der Waals surface area contributed by atoms with E-state index in [1.54, 1.807) is 7.05 Å². The normalized spacial score (nSPS) is 11.7. The van der Waals surface area contributed by atoms with Crippen LogP contribution in [0.3, 0.4) is 0 Å². The first kappa shape index (κ1) is 15.4. The van der Waals surface area contributed by atoms with Gasteiger partial charge < -0.3 is 4.74 Å². The molecular weight excluding hydrogens is 313 g/mol. The summed E-state index contributed by atoms with van der Waals surface area (Å²) in [6, 6.07) is 15.6. The van der Waals surface area contributed by atoms with Gasteiger partial charge in [0.05, 0.1) is 5.69 Å². The van der Waals surface area contributed by atoms with Crippen molar-refractivity contribution in [2.45, 2.75) is 6.92 Å². The summed E-state index contributed by atoms with van der Waals surface area (Å²) < 4.78 is 19.6. The molecule has 0 N–H and O–H groups in total. The summed E-state index contributed by atoms with van der Waals surface area (Å²) in [6.45, 7) is 1.03. The fourth-order valence-electron chi connectivity index (χ4n) is 2.25. The van der Waals surface area contributed by atoms with Gasteiger partial charge in [0, 0.05) is 12.6 Å². The minimum Gasteiger partial charge on any atom is -0.463 e. The van der Waals surface area contributed by atoms with Crippen molar-refractivity contribution >= 4 is 11.5 Å². The van der Waals surface area contributed by atoms with Crippen LogP contribution in [0.2, 0.25) is 0 Å². The maximum absolute atomic E-state index is 12.5. The highest BCUT2D eigenvalue weighted by Crippen LogP contribution is 2.28. The first-order chi connectivity index (χ1) is 11.2. The van der Waals surface area contributed by atoms with Crippen molar-refractivity contribution in [2.24, 2.45) is 4.99 Å². The number of aromatic nitrogens is 2. The average Bonchev–Trinajstić information content (AvgIpc) is 3.02. The zero-order valence-corrected chi connectivity index (χ0v) is 13.7. The van der Waals surface area contributed by atoms with Crippen LogP contribution in [0.25, 0.3) is 17.1 Å². The SMILES string of the molecule is CN=c1nc(-c2ccc(C)c(OCF)c2)n(-c2ccccc2)s1. The van der Waals surface area contributed by atoms with Crippen LogP contribution in [-0.2, 0) is 0 Å². The Kier molecular flexibility index (Phi) is 4.52. The number of halogens is 1. The predicted octanol–water partition coefficient (Wildman–Crippen LogP) is 3.75. The topological polar surface area (TPSA) is 39.4 Å². The Balaban J connectivity index is 2.17. The molecule has 118 valence electrons. The predicted molar refractivity (Wildman–Crippen MR) is 89.7 cm³/mol. The van der Waals surface area contributed by atoms with Crippen LogP contribution in [0.1, 0.15) is 5.56 Å². The molecular formula is C17H16FN3OS. The molecule has 1 heterocycles. The fraction of sp³-hybridized carbons (Fsp3) is 0.176. The van der Waals surface area contributed by atoms with Crippen LogP contribution < -0.4 is 9.54 Å². The van der Waals surface area contributed by atoms with Crippen LogP contribution in [0.5, 0.6) is 5.75 Å². The molecule has 4 nitrogen and oxygen atoms in total. The molecule has 0 aliphatic carbocycles. The van der Waals surface area contributed by atoms with Crippen LogP contribution in [0, 0.1) is 6.92 Å². The number of nitrogens with zero attached hydrogens (tertiary/aromatic N) is 3. The quantitative estimate of drug-likeness (QED) is 0.731. The van der Waals surface area contributed by atoms with Crippen LogP contribution in [0.15, 0.2) is 53.5 Å². The molecule has 0 spiro atoms. The number of ether oxygens (including phenoxy) is 1. The first-order valence-electron chi connectivity index (χ1n) is 7.11. The molecule has 6 heteroatoms. The molecule has 2 aromatic carbocycles. The van der Waals surface area contributed by atoms with Gasteiger partial charge in [-0.25, -0.2) is 8.35 Å². The third-order valence-corrected chi connectivity index (χ3v) is 4.41. The lowest BCUT2D eigenvalue weighted by atomic mass is 10.1. The molecule has 0 unspecified atom stereocenters. The Labute approximate surface area is 137 Å². The summed E-state index contributed by atoms with van der Waals surface area (Å²) in [6.07, 6.45) is 0. The molecule has 0 saturated heterocycles. The van der Waals surface area contributed by atoms with Gasteiger partial charge in [0.1, 0.15) is 5.75 Å². The zero-order valence-electron chi connectivity index (χ0n) is 12.9. The molecule has 23 heavy (non-hydrogen) atoms. The third-order valence-electron chi connectivity index (χ3n) is 3.41. The van der Waals surface area contributed by atoms with Crippen molar-refractivity contribution in [3.8, 4) is 22.8 Å². The lowest BCUT2D eigenvalue weighted by Gasteiger charge is -2.09. The van der Waals surface area contributed by atoms with Crippen LogP contribution in [0.4, 0.5) is 4.39 Å². The number of benzene rings is 2. The monoisotopic (exact) mass is 329 g/mol. The van der Waals surface area contributed by atoms with Crippen LogP contribution >= 0.6 is 11.5 Å². The second kappa shape index (κ2) is 6.75. The highest BCUT2D eigenvalue weighted by Gasteiger charge is 2.12. The molecule has 3 rings (SSSR count). The van der Waals surface area contributed by atoms with Gasteiger partial charge in [-0.1, -0.05) is 30.3 Å². The third kappa shape index (κ3) is 3.17. The van der Waals surface area contributed by atoms with Crippen molar-refractivity contribution in [3.05, 3.63) is 58.9 Å². The van der Waals surface area contributed by atoms with Gasteiger partial charge in [0.25, 0.3) is 0 Å². The van der Waals surface area contributed by atoms with E-state index in [4.69, 9.17) is 4.74 Å². The standard InChI is InChI=1S/C17H16FN3OS/c1-12-8-9-13(10-15(12)22-11-18)16-20-17(19-2)23-21(16)14-6-4-3-5-7-14/h3-10H,11H2,1-2H3. The second-order valence-corrected chi connectivity index (χ2v) is 5.81. The Morgan fingerprint density at radius 1 is 1.22 bits per heavy atom. The zero-order chi connectivity index (χ0) is 16.2. The van der Waals surface area contributed by atoms with Gasteiger partial charge >= 0.3 is 0 Å². The Hall–Kier alpha value is -2.47. The molecule has 1 aromatic heterocycles. The van der Waals surface area contributed by atoms with Gasteiger partial charge in [0.2, 0.25) is 11.7 Å². The lowest BCUT2D eigenvalue weighted by Crippen LogP contribution is -1.98. The average molecular weight is 329 g/mol. The number of aryl methyl sites for hydroxylation is 1. The fourth-order valence-corrected chi connectivity index (χ4v) is 3.08. The summed E-state index contributed by atoms with van der Waals surface area (Å²) in [7, 11) is 1.71. The van der Waals surface area contributed by atoms with Gasteiger partial charge in [-0.3, -0.25) is 4.99 Å². The lowest BCUT2D eigenvalue weighted by molar-refractivity contribution is 0.190. The van der Waals surface area contributed by atoms with Crippen LogP contribution in [-0.4, -0.2) is 22.8 Å². The van der Waals surface area contributed by atoms with Gasteiger partial charge in [-0.05, 0) is 42.2 Å². The van der Waals surface area contributed by atoms with Gasteiger partial charge in [-0.2, -0.15) is 4.98 Å². The van der Waals surface area contributed by atoms with E-state index in [0.29, 0.717) is 10.6 Å². The maximum Gasteiger partial charge on any atom is 0.228 e. The number of hydrogen-bond donors (Lipinski definition) is 0. The number of alkyl halides is 1. The first-order valence-corrected chi connectivity index (χ1v) is 7.88. The van der Waals surface area contributed by atoms with Crippen molar-refractivity contribution in [3.63, 3.8) is 0 Å². The summed E-state index contributed by atoms with van der Waals surface area (Å²) in [5.74, 6) is 1.28. The van der Waals surface area contributed by atoms with E-state index in [9.17, 15) is 4.39 Å². The van der Waals surface area contributed by atoms with E-state index >= 15 is 0 Å². The van der Waals surface area contributed by atoms with Crippen molar-refractivity contribution < 1.29 is 9.13 Å². The molecule has 0 saturated carbocycles. The molecule has 0 bridgehead atoms. The Bertz CT molecular complexity index is 871. The van der Waals surface area contributed by atoms with Gasteiger partial charge in [0.15, 0.2) is 5.82 Å². The minimum absolute atomic E-state index is 0.521. The van der Waals surface area contributed by atoms with Crippen molar-refractivity contribution in [2.75, 3.05) is 13.9 Å². The highest BCUT2D eigenvalue weighted by atomic mass is 32.1. The molecule has 0 radical (unpaired) electrons. The smallest absolute Gasteiger partial charge is 0.228 e. The molecule has 0 amide bonds. The molecule has 0 aliphatic rings. The highest BCUT2D eigenvalue weighted by molar-refractivity contribution is 7.04. The molecule has 3 aromatic rings.